The summed E-state index contributed by atoms with van der Waals surface area (Å²) in [4.78, 5) is 0. The van der Waals surface area contributed by atoms with Crippen molar-refractivity contribution in [2.45, 2.75) is 38.2 Å². The summed E-state index contributed by atoms with van der Waals surface area (Å²) >= 11 is 7.55. The van der Waals surface area contributed by atoms with Gasteiger partial charge in [-0.1, -0.05) is 43.3 Å². The van der Waals surface area contributed by atoms with Crippen LogP contribution in [0.25, 0.3) is 11.4 Å². The molecule has 0 N–H and O–H groups in total. The van der Waals surface area contributed by atoms with Gasteiger partial charge in [-0.2, -0.15) is 0 Å². The fraction of sp³-hybridized carbons (Fsp3) is 0.333. The van der Waals surface area contributed by atoms with E-state index in [4.69, 9.17) is 16.3 Å². The predicted molar refractivity (Wildman–Crippen MR) is 112 cm³/mol. The Morgan fingerprint density at radius 3 is 2.54 bits per heavy atom. The normalized spacial score (nSPS) is 11.2. The number of aromatic nitrogens is 3. The predicted octanol–water partition coefficient (Wildman–Crippen LogP) is 6.08. The summed E-state index contributed by atoms with van der Waals surface area (Å²) in [6.07, 6.45) is 0. The zero-order chi connectivity index (χ0) is 20.1. The van der Waals surface area contributed by atoms with E-state index in [-0.39, 0.29) is 5.82 Å². The SMILES string of the molecule is CCn1c(SCc2c(F)cccc2Cl)nnc1-c1ccc(OCC(C)C)cc1. The first kappa shape index (κ1) is 20.7. The molecule has 0 aliphatic rings. The van der Waals surface area contributed by atoms with Crippen LogP contribution in [0, 0.1) is 11.7 Å². The Hall–Kier alpha value is -2.05. The van der Waals surface area contributed by atoms with Crippen LogP contribution in [-0.4, -0.2) is 21.4 Å². The van der Waals surface area contributed by atoms with Crippen molar-refractivity contribution in [2.24, 2.45) is 5.92 Å². The van der Waals surface area contributed by atoms with E-state index in [0.717, 1.165) is 22.3 Å². The number of rotatable bonds is 8. The number of hydrogen-bond donors (Lipinski definition) is 0. The highest BCUT2D eigenvalue weighted by molar-refractivity contribution is 7.98. The Labute approximate surface area is 174 Å². The van der Waals surface area contributed by atoms with Crippen molar-refractivity contribution in [2.75, 3.05) is 6.61 Å². The van der Waals surface area contributed by atoms with Gasteiger partial charge in [0.15, 0.2) is 11.0 Å². The zero-order valence-corrected chi connectivity index (χ0v) is 17.7. The van der Waals surface area contributed by atoms with Crippen LogP contribution in [0.3, 0.4) is 0 Å². The first-order valence-electron chi connectivity index (χ1n) is 9.21. The first-order chi connectivity index (χ1) is 13.5. The summed E-state index contributed by atoms with van der Waals surface area (Å²) < 4.78 is 21.8. The molecule has 148 valence electrons. The molecule has 0 spiro atoms. The molecule has 0 fully saturated rings. The number of halogens is 2. The molecule has 3 aromatic rings. The van der Waals surface area contributed by atoms with E-state index < -0.39 is 0 Å². The molecule has 0 unspecified atom stereocenters. The first-order valence-corrected chi connectivity index (χ1v) is 10.6. The molecule has 0 saturated heterocycles. The summed E-state index contributed by atoms with van der Waals surface area (Å²) in [6, 6.07) is 12.6. The van der Waals surface area contributed by atoms with Crippen molar-refractivity contribution >= 4 is 23.4 Å². The maximum Gasteiger partial charge on any atom is 0.191 e. The quantitative estimate of drug-likeness (QED) is 0.414. The van der Waals surface area contributed by atoms with Gasteiger partial charge in [-0.3, -0.25) is 0 Å². The maximum absolute atomic E-state index is 14.0. The zero-order valence-electron chi connectivity index (χ0n) is 16.2. The minimum absolute atomic E-state index is 0.306. The molecule has 28 heavy (non-hydrogen) atoms. The number of nitrogens with zero attached hydrogens (tertiary/aromatic N) is 3. The Morgan fingerprint density at radius 2 is 1.89 bits per heavy atom. The molecule has 0 saturated carbocycles. The average Bonchev–Trinajstić information content (AvgIpc) is 3.09. The molecular weight excluding hydrogens is 397 g/mol. The Balaban J connectivity index is 1.76. The van der Waals surface area contributed by atoms with Crippen LogP contribution in [0.15, 0.2) is 47.6 Å². The van der Waals surface area contributed by atoms with Gasteiger partial charge in [-0.15, -0.1) is 10.2 Å². The Kier molecular flexibility index (Phi) is 6.97. The average molecular weight is 420 g/mol. The highest BCUT2D eigenvalue weighted by Crippen LogP contribution is 2.30. The van der Waals surface area contributed by atoms with Gasteiger partial charge in [-0.25, -0.2) is 4.39 Å². The van der Waals surface area contributed by atoms with Gasteiger partial charge in [0.1, 0.15) is 11.6 Å². The maximum atomic E-state index is 14.0. The molecule has 7 heteroatoms. The van der Waals surface area contributed by atoms with Gasteiger partial charge < -0.3 is 9.30 Å². The van der Waals surface area contributed by atoms with Crippen molar-refractivity contribution in [3.63, 3.8) is 0 Å². The largest absolute Gasteiger partial charge is 0.493 e. The monoisotopic (exact) mass is 419 g/mol. The molecule has 0 bridgehead atoms. The summed E-state index contributed by atoms with van der Waals surface area (Å²) in [5.41, 5.74) is 1.44. The van der Waals surface area contributed by atoms with E-state index in [1.807, 2.05) is 35.8 Å². The van der Waals surface area contributed by atoms with Crippen molar-refractivity contribution in [1.29, 1.82) is 0 Å². The highest BCUT2D eigenvalue weighted by Gasteiger charge is 2.15. The van der Waals surface area contributed by atoms with Crippen LogP contribution in [0.2, 0.25) is 5.02 Å². The van der Waals surface area contributed by atoms with Crippen molar-refractivity contribution in [3.8, 4) is 17.1 Å². The van der Waals surface area contributed by atoms with Crippen LogP contribution in [-0.2, 0) is 12.3 Å². The van der Waals surface area contributed by atoms with E-state index in [2.05, 4.69) is 24.0 Å². The standard InChI is InChI=1S/C21H23ClFN3OS/c1-4-26-20(15-8-10-16(11-9-15)27-12-14(2)3)24-25-21(26)28-13-17-18(22)6-5-7-19(17)23/h5-11,14H,4,12-13H2,1-3H3. The highest BCUT2D eigenvalue weighted by atomic mass is 35.5. The topological polar surface area (TPSA) is 39.9 Å². The second-order valence-corrected chi connectivity index (χ2v) is 8.12. The lowest BCUT2D eigenvalue weighted by molar-refractivity contribution is 0.271. The van der Waals surface area contributed by atoms with Gasteiger partial charge in [-0.05, 0) is 49.2 Å². The van der Waals surface area contributed by atoms with Crippen LogP contribution in [0.4, 0.5) is 4.39 Å². The number of ether oxygens (including phenoxy) is 1. The lowest BCUT2D eigenvalue weighted by Gasteiger charge is -2.10. The molecule has 4 nitrogen and oxygen atoms in total. The summed E-state index contributed by atoms with van der Waals surface area (Å²) in [5.74, 6) is 2.18. The summed E-state index contributed by atoms with van der Waals surface area (Å²) in [7, 11) is 0. The number of thioether (sulfide) groups is 1. The molecule has 0 aliphatic heterocycles. The van der Waals surface area contributed by atoms with Crippen molar-refractivity contribution in [3.05, 3.63) is 58.9 Å². The second kappa shape index (κ2) is 9.43. The molecule has 0 amide bonds. The van der Waals surface area contributed by atoms with Crippen molar-refractivity contribution < 1.29 is 9.13 Å². The van der Waals surface area contributed by atoms with E-state index in [1.165, 1.54) is 17.8 Å². The Bertz CT molecular complexity index is 908. The van der Waals surface area contributed by atoms with Gasteiger partial charge >= 0.3 is 0 Å². The molecule has 1 heterocycles. The molecule has 1 aromatic heterocycles. The van der Waals surface area contributed by atoms with Gasteiger partial charge in [0.2, 0.25) is 0 Å². The Morgan fingerprint density at radius 1 is 1.14 bits per heavy atom. The molecule has 0 atom stereocenters. The summed E-state index contributed by atoms with van der Waals surface area (Å²) in [5, 5.41) is 9.80. The fourth-order valence-corrected chi connectivity index (χ4v) is 4.01. The van der Waals surface area contributed by atoms with Crippen LogP contribution < -0.4 is 4.74 Å². The third kappa shape index (κ3) is 4.86. The third-order valence-corrected chi connectivity index (χ3v) is 5.48. The van der Waals surface area contributed by atoms with E-state index in [9.17, 15) is 4.39 Å². The van der Waals surface area contributed by atoms with E-state index in [0.29, 0.717) is 35.4 Å². The number of hydrogen-bond acceptors (Lipinski definition) is 4. The minimum Gasteiger partial charge on any atom is -0.493 e. The molecule has 2 aromatic carbocycles. The fourth-order valence-electron chi connectivity index (χ4n) is 2.66. The molecule has 0 radical (unpaired) electrons. The molecule has 0 aliphatic carbocycles. The van der Waals surface area contributed by atoms with E-state index in [1.54, 1.807) is 12.1 Å². The smallest absolute Gasteiger partial charge is 0.191 e. The third-order valence-electron chi connectivity index (χ3n) is 4.14. The van der Waals surface area contributed by atoms with Gasteiger partial charge in [0.05, 0.1) is 6.61 Å². The van der Waals surface area contributed by atoms with Crippen LogP contribution in [0.1, 0.15) is 26.3 Å². The van der Waals surface area contributed by atoms with Crippen LogP contribution >= 0.6 is 23.4 Å². The minimum atomic E-state index is -0.306. The number of benzene rings is 2. The second-order valence-electron chi connectivity index (χ2n) is 6.77. The lowest BCUT2D eigenvalue weighted by atomic mass is 10.2. The molecular formula is C21H23ClFN3OS. The van der Waals surface area contributed by atoms with E-state index >= 15 is 0 Å². The van der Waals surface area contributed by atoms with Gasteiger partial charge in [0, 0.05) is 28.4 Å². The summed E-state index contributed by atoms with van der Waals surface area (Å²) in [6.45, 7) is 7.66. The van der Waals surface area contributed by atoms with Crippen molar-refractivity contribution in [1.82, 2.24) is 14.8 Å². The van der Waals surface area contributed by atoms with Crippen LogP contribution in [0.5, 0.6) is 5.75 Å². The van der Waals surface area contributed by atoms with Gasteiger partial charge in [0.25, 0.3) is 0 Å². The lowest BCUT2D eigenvalue weighted by Crippen LogP contribution is -2.04. The molecule has 3 rings (SSSR count).